The molecule has 0 radical (unpaired) electrons. The molecule has 1 atom stereocenters. The molecule has 1 N–H and O–H groups in total. The average molecular weight is 334 g/mol. The number of amides is 1. The second kappa shape index (κ2) is 8.25. The molecule has 1 aromatic carbocycles. The Morgan fingerprint density at radius 1 is 1.32 bits per heavy atom. The predicted octanol–water partition coefficient (Wildman–Crippen LogP) is 3.90. The maximum Gasteiger partial charge on any atom is 0.257 e. The van der Waals surface area contributed by atoms with Gasteiger partial charge in [0.25, 0.3) is 5.91 Å². The summed E-state index contributed by atoms with van der Waals surface area (Å²) in [5, 5.41) is 3.46. The van der Waals surface area contributed by atoms with Crippen molar-refractivity contribution >= 4 is 21.8 Å². The summed E-state index contributed by atoms with van der Waals surface area (Å²) in [6.07, 6.45) is 2.92. The van der Waals surface area contributed by atoms with E-state index in [0.29, 0.717) is 12.5 Å². The summed E-state index contributed by atoms with van der Waals surface area (Å²) in [6, 6.07) is 3.41. The Morgan fingerprint density at radius 3 is 2.47 bits per heavy atom. The maximum absolute atomic E-state index is 13.4. The lowest BCUT2D eigenvalue weighted by Gasteiger charge is -2.16. The van der Waals surface area contributed by atoms with Crippen molar-refractivity contribution in [2.75, 3.05) is 11.9 Å². The summed E-state index contributed by atoms with van der Waals surface area (Å²) >= 11 is 3.36. The molecule has 0 aromatic heterocycles. The Kier molecular flexibility index (Phi) is 6.99. The monoisotopic (exact) mass is 333 g/mol. The Balaban J connectivity index is 2.64. The minimum Gasteiger partial charge on any atom is -0.352 e. The lowest BCUT2D eigenvalue weighted by molar-refractivity contribution is 0.0937. The van der Waals surface area contributed by atoms with Crippen molar-refractivity contribution in [2.24, 2.45) is 5.92 Å². The molecule has 1 rings (SSSR count). The average Bonchev–Trinajstić information content (AvgIpc) is 2.36. The van der Waals surface area contributed by atoms with Gasteiger partial charge in [0.2, 0.25) is 0 Å². The van der Waals surface area contributed by atoms with E-state index >= 15 is 0 Å². The summed E-state index contributed by atoms with van der Waals surface area (Å²) < 4.78 is 26.8. The molecule has 5 heteroatoms. The van der Waals surface area contributed by atoms with Gasteiger partial charge in [-0.2, -0.15) is 0 Å². The summed E-state index contributed by atoms with van der Waals surface area (Å²) in [6.45, 7) is 2.51. The minimum atomic E-state index is -0.829. The van der Waals surface area contributed by atoms with Crippen molar-refractivity contribution in [1.29, 1.82) is 0 Å². The van der Waals surface area contributed by atoms with Crippen LogP contribution in [0.1, 0.15) is 36.5 Å². The fourth-order valence-corrected chi connectivity index (χ4v) is 2.60. The van der Waals surface area contributed by atoms with Crippen LogP contribution in [-0.2, 0) is 0 Å². The van der Waals surface area contributed by atoms with Crippen molar-refractivity contribution in [3.63, 3.8) is 0 Å². The van der Waals surface area contributed by atoms with Crippen LogP contribution in [-0.4, -0.2) is 17.8 Å². The van der Waals surface area contributed by atoms with E-state index in [0.717, 1.165) is 36.7 Å². The van der Waals surface area contributed by atoms with Crippen LogP contribution in [0.4, 0.5) is 8.78 Å². The van der Waals surface area contributed by atoms with Crippen molar-refractivity contribution in [2.45, 2.75) is 26.2 Å². The number of hydrogen-bond acceptors (Lipinski definition) is 1. The van der Waals surface area contributed by atoms with E-state index < -0.39 is 23.1 Å². The zero-order valence-corrected chi connectivity index (χ0v) is 12.5. The molecule has 0 bridgehead atoms. The third-order valence-electron chi connectivity index (χ3n) is 2.96. The van der Waals surface area contributed by atoms with Crippen LogP contribution in [0.25, 0.3) is 0 Å². The second-order valence-electron chi connectivity index (χ2n) is 4.44. The number of hydrogen-bond donors (Lipinski definition) is 1. The standard InChI is InChI=1S/C14H18BrF2NO/c1-2-4-10(7-8-15)9-18-14(19)13-11(16)5-3-6-12(13)17/h3,5-6,10H,2,4,7-9H2,1H3,(H,18,19). The Morgan fingerprint density at radius 2 is 1.95 bits per heavy atom. The summed E-state index contributed by atoms with van der Waals surface area (Å²) in [7, 11) is 0. The molecule has 0 spiro atoms. The van der Waals surface area contributed by atoms with E-state index in [1.807, 2.05) is 0 Å². The molecule has 0 aliphatic rings. The van der Waals surface area contributed by atoms with Gasteiger partial charge in [-0.15, -0.1) is 0 Å². The normalized spacial score (nSPS) is 12.2. The number of rotatable bonds is 7. The van der Waals surface area contributed by atoms with Crippen LogP contribution in [0.5, 0.6) is 0 Å². The van der Waals surface area contributed by atoms with Crippen LogP contribution < -0.4 is 5.32 Å². The van der Waals surface area contributed by atoms with E-state index in [-0.39, 0.29) is 0 Å². The third kappa shape index (κ3) is 4.90. The Hall–Kier alpha value is -0.970. The molecule has 0 aliphatic heterocycles. The highest BCUT2D eigenvalue weighted by atomic mass is 79.9. The predicted molar refractivity (Wildman–Crippen MR) is 75.5 cm³/mol. The smallest absolute Gasteiger partial charge is 0.257 e. The van der Waals surface area contributed by atoms with Crippen LogP contribution in [0.3, 0.4) is 0 Å². The molecule has 106 valence electrons. The topological polar surface area (TPSA) is 29.1 Å². The van der Waals surface area contributed by atoms with Gasteiger partial charge in [-0.05, 0) is 30.9 Å². The first-order chi connectivity index (χ1) is 9.10. The van der Waals surface area contributed by atoms with Gasteiger partial charge in [-0.25, -0.2) is 8.78 Å². The summed E-state index contributed by atoms with van der Waals surface area (Å²) in [5.41, 5.74) is -0.503. The molecule has 1 unspecified atom stereocenters. The summed E-state index contributed by atoms with van der Waals surface area (Å²) in [4.78, 5) is 11.8. The highest BCUT2D eigenvalue weighted by molar-refractivity contribution is 9.09. The quantitative estimate of drug-likeness (QED) is 0.753. The molecule has 0 saturated carbocycles. The van der Waals surface area contributed by atoms with Crippen LogP contribution in [0, 0.1) is 17.6 Å². The van der Waals surface area contributed by atoms with Gasteiger partial charge in [0.15, 0.2) is 0 Å². The first-order valence-electron chi connectivity index (χ1n) is 6.38. The molecule has 19 heavy (non-hydrogen) atoms. The summed E-state index contributed by atoms with van der Waals surface area (Å²) in [5.74, 6) is -2.02. The molecular weight excluding hydrogens is 316 g/mol. The fourth-order valence-electron chi connectivity index (χ4n) is 1.95. The van der Waals surface area contributed by atoms with Crippen molar-refractivity contribution < 1.29 is 13.6 Å². The molecule has 0 saturated heterocycles. The molecular formula is C14H18BrF2NO. The number of carbonyl (C=O) groups excluding carboxylic acids is 1. The number of carbonyl (C=O) groups is 1. The van der Waals surface area contributed by atoms with Gasteiger partial charge in [-0.3, -0.25) is 4.79 Å². The van der Waals surface area contributed by atoms with Gasteiger partial charge >= 0.3 is 0 Å². The Bertz CT molecular complexity index is 400. The first-order valence-corrected chi connectivity index (χ1v) is 7.50. The fraction of sp³-hybridized carbons (Fsp3) is 0.500. The zero-order valence-electron chi connectivity index (χ0n) is 10.9. The van der Waals surface area contributed by atoms with Gasteiger partial charge in [0.1, 0.15) is 17.2 Å². The molecule has 0 heterocycles. The number of alkyl halides is 1. The molecule has 0 fully saturated rings. The van der Waals surface area contributed by atoms with Gasteiger partial charge in [0.05, 0.1) is 0 Å². The minimum absolute atomic E-state index is 0.322. The van der Waals surface area contributed by atoms with E-state index in [1.54, 1.807) is 0 Å². The third-order valence-corrected chi connectivity index (χ3v) is 3.41. The van der Waals surface area contributed by atoms with Gasteiger partial charge < -0.3 is 5.32 Å². The van der Waals surface area contributed by atoms with Crippen LogP contribution in [0.15, 0.2) is 18.2 Å². The van der Waals surface area contributed by atoms with Gasteiger partial charge in [0, 0.05) is 11.9 Å². The van der Waals surface area contributed by atoms with Crippen molar-refractivity contribution in [3.05, 3.63) is 35.4 Å². The van der Waals surface area contributed by atoms with Crippen LogP contribution in [0.2, 0.25) is 0 Å². The zero-order chi connectivity index (χ0) is 14.3. The number of nitrogens with one attached hydrogen (secondary N) is 1. The highest BCUT2D eigenvalue weighted by Gasteiger charge is 2.17. The largest absolute Gasteiger partial charge is 0.352 e. The SMILES string of the molecule is CCCC(CCBr)CNC(=O)c1c(F)cccc1F. The van der Waals surface area contributed by atoms with Crippen LogP contribution >= 0.6 is 15.9 Å². The van der Waals surface area contributed by atoms with Gasteiger partial charge in [-0.1, -0.05) is 35.3 Å². The Labute approximate surface area is 120 Å². The lowest BCUT2D eigenvalue weighted by atomic mass is 10.0. The molecule has 0 aliphatic carbocycles. The lowest BCUT2D eigenvalue weighted by Crippen LogP contribution is -2.30. The molecule has 2 nitrogen and oxygen atoms in total. The molecule has 1 aromatic rings. The van der Waals surface area contributed by atoms with E-state index in [9.17, 15) is 13.6 Å². The number of benzene rings is 1. The van der Waals surface area contributed by atoms with E-state index in [1.165, 1.54) is 6.07 Å². The number of halogens is 3. The maximum atomic E-state index is 13.4. The second-order valence-corrected chi connectivity index (χ2v) is 5.23. The molecule has 1 amide bonds. The van der Waals surface area contributed by atoms with E-state index in [2.05, 4.69) is 28.2 Å². The van der Waals surface area contributed by atoms with Crippen molar-refractivity contribution in [1.82, 2.24) is 5.32 Å². The van der Waals surface area contributed by atoms with E-state index in [4.69, 9.17) is 0 Å². The first kappa shape index (κ1) is 16.1. The van der Waals surface area contributed by atoms with Crippen molar-refractivity contribution in [3.8, 4) is 0 Å². The highest BCUT2D eigenvalue weighted by Crippen LogP contribution is 2.14.